The Morgan fingerprint density at radius 2 is 1.59 bits per heavy atom. The van der Waals surface area contributed by atoms with E-state index in [-0.39, 0.29) is 12.3 Å². The molecule has 146 valence electrons. The molecule has 2 aromatic carbocycles. The van der Waals surface area contributed by atoms with Crippen molar-refractivity contribution >= 4 is 46.4 Å². The predicted octanol–water partition coefficient (Wildman–Crippen LogP) is 4.75. The number of halogens is 3. The highest BCUT2D eigenvalue weighted by atomic mass is 35.5. The average Bonchev–Trinajstić information content (AvgIpc) is 2.64. The second-order valence-electron chi connectivity index (χ2n) is 5.41. The lowest BCUT2D eigenvalue weighted by molar-refractivity contribution is -0.120. The third kappa shape index (κ3) is 5.25. The van der Waals surface area contributed by atoms with E-state index in [1.807, 2.05) is 6.07 Å². The summed E-state index contributed by atoms with van der Waals surface area (Å²) in [7, 11) is 4.61. The fourth-order valence-corrected chi connectivity index (χ4v) is 3.38. The van der Waals surface area contributed by atoms with Gasteiger partial charge in [-0.15, -0.1) is 0 Å². The van der Waals surface area contributed by atoms with Gasteiger partial charge in [0.1, 0.15) is 0 Å². The van der Waals surface area contributed by atoms with Gasteiger partial charge in [0, 0.05) is 11.4 Å². The molecule has 0 saturated carbocycles. The van der Waals surface area contributed by atoms with Crippen molar-refractivity contribution in [1.82, 2.24) is 5.43 Å². The van der Waals surface area contributed by atoms with Crippen LogP contribution < -0.4 is 25.1 Å². The van der Waals surface area contributed by atoms with Gasteiger partial charge in [-0.1, -0.05) is 40.9 Å². The number of hydrogen-bond donors (Lipinski definition) is 2. The highest BCUT2D eigenvalue weighted by molar-refractivity contribution is 6.41. The maximum Gasteiger partial charge on any atom is 0.238 e. The molecule has 6 nitrogen and oxygen atoms in total. The van der Waals surface area contributed by atoms with Gasteiger partial charge in [-0.3, -0.25) is 15.6 Å². The zero-order valence-electron chi connectivity index (χ0n) is 15.0. The highest BCUT2D eigenvalue weighted by Gasteiger charge is 2.16. The van der Waals surface area contributed by atoms with E-state index in [4.69, 9.17) is 49.0 Å². The smallest absolute Gasteiger partial charge is 0.238 e. The van der Waals surface area contributed by atoms with Gasteiger partial charge in [0.15, 0.2) is 11.5 Å². The first-order chi connectivity index (χ1) is 12.9. The molecule has 0 atom stereocenters. The van der Waals surface area contributed by atoms with Crippen LogP contribution in [0.25, 0.3) is 0 Å². The summed E-state index contributed by atoms with van der Waals surface area (Å²) in [5, 5.41) is 1.01. The first-order valence-electron chi connectivity index (χ1n) is 7.88. The molecule has 1 amide bonds. The number of hydrazine groups is 1. The van der Waals surface area contributed by atoms with Gasteiger partial charge in [-0.05, 0) is 30.2 Å². The summed E-state index contributed by atoms with van der Waals surface area (Å²) in [6.45, 7) is 0. The normalized spacial score (nSPS) is 10.3. The van der Waals surface area contributed by atoms with Crippen molar-refractivity contribution in [3.63, 3.8) is 0 Å². The molecule has 0 aromatic heterocycles. The lowest BCUT2D eigenvalue weighted by Crippen LogP contribution is -2.29. The molecule has 0 unspecified atom stereocenters. The van der Waals surface area contributed by atoms with Gasteiger partial charge in [0.2, 0.25) is 11.7 Å². The van der Waals surface area contributed by atoms with Gasteiger partial charge >= 0.3 is 0 Å². The van der Waals surface area contributed by atoms with Crippen LogP contribution in [0.5, 0.6) is 17.2 Å². The molecule has 0 spiro atoms. The number of amides is 1. The lowest BCUT2D eigenvalue weighted by atomic mass is 10.1. The third-order valence-electron chi connectivity index (χ3n) is 3.74. The molecular weight excluding hydrogens is 415 g/mol. The highest BCUT2D eigenvalue weighted by Crippen LogP contribution is 2.40. The molecule has 0 aliphatic rings. The van der Waals surface area contributed by atoms with Crippen molar-refractivity contribution in [3.05, 3.63) is 44.9 Å². The molecule has 0 heterocycles. The molecule has 0 bridgehead atoms. The number of carbonyl (C=O) groups excluding carboxylic acids is 1. The number of aryl methyl sites for hydroxylation is 1. The average molecular weight is 434 g/mol. The van der Waals surface area contributed by atoms with Gasteiger partial charge in [0.25, 0.3) is 0 Å². The summed E-state index contributed by atoms with van der Waals surface area (Å²) < 4.78 is 16.0. The Morgan fingerprint density at radius 1 is 0.963 bits per heavy atom. The zero-order chi connectivity index (χ0) is 20.0. The number of anilines is 1. The number of benzene rings is 2. The summed E-state index contributed by atoms with van der Waals surface area (Å²) in [5.74, 6) is 1.31. The second-order valence-corrected chi connectivity index (χ2v) is 6.66. The standard InChI is InChI=1S/C18H19Cl3N2O4/c1-25-14-6-4-10(17(26-2)18(14)27-3)5-7-15(24)22-23-16-12(20)8-11(19)9-13(16)21/h4,6,8-9,23H,5,7H2,1-3H3,(H,22,24). The molecule has 0 radical (unpaired) electrons. The summed E-state index contributed by atoms with van der Waals surface area (Å²) in [5.41, 5.74) is 6.46. The Labute approximate surface area is 172 Å². The molecule has 0 fully saturated rings. The predicted molar refractivity (Wildman–Crippen MR) is 108 cm³/mol. The molecule has 0 saturated heterocycles. The SMILES string of the molecule is COc1ccc(CCC(=O)NNc2c(Cl)cc(Cl)cc2Cl)c(OC)c1OC. The van der Waals surface area contributed by atoms with Crippen LogP contribution in [0.1, 0.15) is 12.0 Å². The van der Waals surface area contributed by atoms with Crippen LogP contribution in [-0.4, -0.2) is 27.2 Å². The van der Waals surface area contributed by atoms with Crippen LogP contribution in [-0.2, 0) is 11.2 Å². The monoisotopic (exact) mass is 432 g/mol. The molecule has 9 heteroatoms. The maximum absolute atomic E-state index is 12.2. The van der Waals surface area contributed by atoms with Crippen LogP contribution >= 0.6 is 34.8 Å². The first kappa shape index (κ1) is 21.3. The summed E-state index contributed by atoms with van der Waals surface area (Å²) in [6, 6.07) is 6.64. The van der Waals surface area contributed by atoms with E-state index in [0.29, 0.717) is 44.4 Å². The Balaban J connectivity index is 2.02. The van der Waals surface area contributed by atoms with Crippen LogP contribution in [0.2, 0.25) is 15.1 Å². The summed E-state index contributed by atoms with van der Waals surface area (Å²) >= 11 is 18.0. The minimum absolute atomic E-state index is 0.196. The molecule has 27 heavy (non-hydrogen) atoms. The number of rotatable bonds is 8. The fraction of sp³-hybridized carbons (Fsp3) is 0.278. The Hall–Kier alpha value is -2.02. The zero-order valence-corrected chi connectivity index (χ0v) is 17.3. The molecule has 0 aliphatic carbocycles. The van der Waals surface area contributed by atoms with Crippen LogP contribution in [0, 0.1) is 0 Å². The van der Waals surface area contributed by atoms with Gasteiger partial charge in [-0.2, -0.15) is 0 Å². The second kappa shape index (κ2) is 9.78. The van der Waals surface area contributed by atoms with Crippen LogP contribution in [0.4, 0.5) is 5.69 Å². The number of ether oxygens (including phenoxy) is 3. The van der Waals surface area contributed by atoms with E-state index in [0.717, 1.165) is 5.56 Å². The van der Waals surface area contributed by atoms with E-state index >= 15 is 0 Å². The largest absolute Gasteiger partial charge is 0.493 e. The lowest BCUT2D eigenvalue weighted by Gasteiger charge is -2.16. The van der Waals surface area contributed by atoms with E-state index < -0.39 is 0 Å². The molecule has 0 aliphatic heterocycles. The van der Waals surface area contributed by atoms with Crippen molar-refractivity contribution in [2.24, 2.45) is 0 Å². The first-order valence-corrected chi connectivity index (χ1v) is 9.01. The van der Waals surface area contributed by atoms with Gasteiger partial charge < -0.3 is 14.2 Å². The minimum Gasteiger partial charge on any atom is -0.493 e. The Bertz CT molecular complexity index is 807. The van der Waals surface area contributed by atoms with Gasteiger partial charge in [0.05, 0.1) is 37.1 Å². The number of carbonyl (C=O) groups is 1. The van der Waals surface area contributed by atoms with E-state index in [1.165, 1.54) is 26.4 Å². The van der Waals surface area contributed by atoms with Crippen LogP contribution in [0.3, 0.4) is 0 Å². The summed E-state index contributed by atoms with van der Waals surface area (Å²) in [4.78, 5) is 12.2. The number of hydrogen-bond acceptors (Lipinski definition) is 5. The quantitative estimate of drug-likeness (QED) is 0.588. The fourth-order valence-electron chi connectivity index (χ4n) is 2.46. The van der Waals surface area contributed by atoms with Crippen molar-refractivity contribution in [2.75, 3.05) is 26.8 Å². The Morgan fingerprint density at radius 3 is 2.15 bits per heavy atom. The number of methoxy groups -OCH3 is 3. The van der Waals surface area contributed by atoms with Crippen molar-refractivity contribution in [1.29, 1.82) is 0 Å². The van der Waals surface area contributed by atoms with Gasteiger partial charge in [-0.25, -0.2) is 0 Å². The molecule has 2 rings (SSSR count). The third-order valence-corrected chi connectivity index (χ3v) is 4.56. The molecular formula is C18H19Cl3N2O4. The van der Waals surface area contributed by atoms with E-state index in [1.54, 1.807) is 13.2 Å². The topological polar surface area (TPSA) is 68.8 Å². The van der Waals surface area contributed by atoms with Crippen molar-refractivity contribution in [2.45, 2.75) is 12.8 Å². The summed E-state index contributed by atoms with van der Waals surface area (Å²) in [6.07, 6.45) is 0.626. The minimum atomic E-state index is -0.256. The molecule has 2 N–H and O–H groups in total. The Kier molecular flexibility index (Phi) is 7.71. The number of nitrogens with one attached hydrogen (secondary N) is 2. The molecule has 2 aromatic rings. The van der Waals surface area contributed by atoms with E-state index in [2.05, 4.69) is 10.9 Å². The van der Waals surface area contributed by atoms with Crippen molar-refractivity contribution in [3.8, 4) is 17.2 Å². The van der Waals surface area contributed by atoms with Crippen molar-refractivity contribution < 1.29 is 19.0 Å². The van der Waals surface area contributed by atoms with Crippen LogP contribution in [0.15, 0.2) is 24.3 Å². The maximum atomic E-state index is 12.2. The van der Waals surface area contributed by atoms with E-state index in [9.17, 15) is 4.79 Å².